The van der Waals surface area contributed by atoms with E-state index in [1.807, 2.05) is 0 Å². The number of esters is 3. The minimum atomic E-state index is -1.00. The van der Waals surface area contributed by atoms with E-state index >= 15 is 0 Å². The molecule has 1 rings (SSSR count). The Labute approximate surface area is 160 Å². The van der Waals surface area contributed by atoms with Crippen molar-refractivity contribution in [2.24, 2.45) is 0 Å². The maximum Gasteiger partial charge on any atom is 0.344 e. The molecule has 1 atom stereocenters. The molecule has 0 saturated heterocycles. The van der Waals surface area contributed by atoms with Crippen LogP contribution in [0, 0.1) is 10.1 Å². The Hall–Kier alpha value is -3.21. The van der Waals surface area contributed by atoms with Crippen molar-refractivity contribution in [2.45, 2.75) is 38.7 Å². The zero-order chi connectivity index (χ0) is 20.9. The number of rotatable bonds is 12. The number of nitrogens with zero attached hydrogens (tertiary/aromatic N) is 1. The summed E-state index contributed by atoms with van der Waals surface area (Å²) in [6, 6.07) is 5.96. The van der Waals surface area contributed by atoms with E-state index in [1.54, 1.807) is 12.1 Å². The van der Waals surface area contributed by atoms with Crippen LogP contribution in [-0.4, -0.2) is 47.6 Å². The molecule has 0 aliphatic carbocycles. The van der Waals surface area contributed by atoms with Gasteiger partial charge in [-0.25, -0.2) is 4.79 Å². The van der Waals surface area contributed by atoms with Crippen molar-refractivity contribution in [3.8, 4) is 5.75 Å². The number of benzene rings is 1. The second kappa shape index (κ2) is 12.2. The molecule has 0 bridgehead atoms. The number of unbranched alkanes of at least 4 members (excludes halogenated alkanes) is 1. The predicted molar refractivity (Wildman–Crippen MR) is 91.5 cm³/mol. The summed E-state index contributed by atoms with van der Waals surface area (Å²) in [7, 11) is 0. The van der Waals surface area contributed by atoms with Gasteiger partial charge in [-0.05, 0) is 25.0 Å². The highest BCUT2D eigenvalue weighted by atomic mass is 17.0. The van der Waals surface area contributed by atoms with E-state index in [-0.39, 0.29) is 24.2 Å². The molecule has 11 heteroatoms. The fourth-order valence-electron chi connectivity index (χ4n) is 2.06. The summed E-state index contributed by atoms with van der Waals surface area (Å²) < 4.78 is 14.5. The highest BCUT2D eigenvalue weighted by Gasteiger charge is 2.15. The number of hydrogen-bond acceptors (Lipinski definition) is 10. The third kappa shape index (κ3) is 9.48. The molecule has 0 radical (unpaired) electrons. The second-order valence-corrected chi connectivity index (χ2v) is 5.57. The van der Waals surface area contributed by atoms with Crippen LogP contribution in [0.3, 0.4) is 0 Å². The highest BCUT2D eigenvalue weighted by molar-refractivity contribution is 5.93. The first-order valence-corrected chi connectivity index (χ1v) is 8.35. The van der Waals surface area contributed by atoms with Gasteiger partial charge in [-0.3, -0.25) is 9.59 Å². The van der Waals surface area contributed by atoms with Crippen LogP contribution in [0.15, 0.2) is 24.3 Å². The van der Waals surface area contributed by atoms with Crippen LogP contribution < -0.4 is 4.74 Å². The largest absolute Gasteiger partial charge is 0.428 e. The summed E-state index contributed by atoms with van der Waals surface area (Å²) >= 11 is 0. The first-order valence-electron chi connectivity index (χ1n) is 8.35. The lowest BCUT2D eigenvalue weighted by Gasteiger charge is -2.10. The molecule has 0 saturated carbocycles. The van der Waals surface area contributed by atoms with Gasteiger partial charge in [0, 0.05) is 13.3 Å². The topological polar surface area (TPSA) is 152 Å². The lowest BCUT2D eigenvalue weighted by molar-refractivity contribution is -0.759. The van der Waals surface area contributed by atoms with Gasteiger partial charge in [0.15, 0.2) is 0 Å². The molecule has 28 heavy (non-hydrogen) atoms. The molecular formula is C17H21NO10. The van der Waals surface area contributed by atoms with Crippen molar-refractivity contribution in [1.29, 1.82) is 0 Å². The molecule has 1 N–H and O–H groups in total. The third-order valence-electron chi connectivity index (χ3n) is 3.31. The molecule has 0 spiro atoms. The molecule has 1 aromatic rings. The van der Waals surface area contributed by atoms with Gasteiger partial charge in [0.1, 0.15) is 17.9 Å². The van der Waals surface area contributed by atoms with Crippen molar-refractivity contribution in [3.63, 3.8) is 0 Å². The van der Waals surface area contributed by atoms with Gasteiger partial charge < -0.3 is 24.2 Å². The van der Waals surface area contributed by atoms with Crippen molar-refractivity contribution >= 4 is 17.9 Å². The Balaban J connectivity index is 2.25. The Kier molecular flexibility index (Phi) is 9.97. The van der Waals surface area contributed by atoms with Gasteiger partial charge in [0.05, 0.1) is 6.10 Å². The lowest BCUT2D eigenvalue weighted by Crippen LogP contribution is -2.18. The van der Waals surface area contributed by atoms with E-state index in [0.29, 0.717) is 12.8 Å². The van der Waals surface area contributed by atoms with Gasteiger partial charge in [0.25, 0.3) is 5.09 Å². The molecule has 0 aliphatic heterocycles. The van der Waals surface area contributed by atoms with E-state index in [4.69, 9.17) is 14.2 Å². The fraction of sp³-hybridized carbons (Fsp3) is 0.471. The predicted octanol–water partition coefficient (Wildman–Crippen LogP) is 1.40. The Morgan fingerprint density at radius 1 is 1.18 bits per heavy atom. The second-order valence-electron chi connectivity index (χ2n) is 5.57. The summed E-state index contributed by atoms with van der Waals surface area (Å²) in [6.45, 7) is 0.159. The number of para-hydroxylation sites is 1. The Morgan fingerprint density at radius 2 is 1.89 bits per heavy atom. The van der Waals surface area contributed by atoms with Crippen LogP contribution in [-0.2, 0) is 23.9 Å². The lowest BCUT2D eigenvalue weighted by atomic mass is 10.1. The average Bonchev–Trinajstić information content (AvgIpc) is 2.63. The highest BCUT2D eigenvalue weighted by Crippen LogP contribution is 2.19. The summed E-state index contributed by atoms with van der Waals surface area (Å²) in [5.74, 6) is -2.00. The standard InChI is InChI=1S/C17H21NO10/c1-12(19)28-15-8-4-3-7-14(15)17(22)26-11-25-16(21)9-5-2-6-13(20)10-27-18(23)24/h3-4,7-8,13,20H,2,5-6,9-11H2,1H3. The van der Waals surface area contributed by atoms with E-state index in [9.17, 15) is 29.6 Å². The van der Waals surface area contributed by atoms with E-state index < -0.39 is 42.5 Å². The monoisotopic (exact) mass is 399 g/mol. The van der Waals surface area contributed by atoms with Crippen molar-refractivity contribution in [3.05, 3.63) is 39.9 Å². The van der Waals surface area contributed by atoms with Crippen LogP contribution in [0.5, 0.6) is 5.75 Å². The first kappa shape index (κ1) is 22.8. The quantitative estimate of drug-likeness (QED) is 0.136. The summed E-state index contributed by atoms with van der Waals surface area (Å²) in [6.07, 6.45) is 0.0393. The van der Waals surface area contributed by atoms with Crippen LogP contribution in [0.25, 0.3) is 0 Å². The summed E-state index contributed by atoms with van der Waals surface area (Å²) in [5, 5.41) is 18.4. The summed E-state index contributed by atoms with van der Waals surface area (Å²) in [5.41, 5.74) is 0.0136. The minimum Gasteiger partial charge on any atom is -0.428 e. The van der Waals surface area contributed by atoms with Crippen molar-refractivity contribution < 1.29 is 43.6 Å². The van der Waals surface area contributed by atoms with Crippen molar-refractivity contribution in [2.75, 3.05) is 13.4 Å². The van der Waals surface area contributed by atoms with Crippen LogP contribution >= 0.6 is 0 Å². The number of aliphatic hydroxyl groups excluding tert-OH is 1. The van der Waals surface area contributed by atoms with Gasteiger partial charge in [0.2, 0.25) is 6.79 Å². The maximum atomic E-state index is 12.0. The average molecular weight is 399 g/mol. The molecule has 0 amide bonds. The molecule has 0 aromatic heterocycles. The zero-order valence-electron chi connectivity index (χ0n) is 15.2. The van der Waals surface area contributed by atoms with Gasteiger partial charge in [-0.2, -0.15) is 0 Å². The molecule has 0 aliphatic rings. The number of carbonyl (C=O) groups excluding carboxylic acids is 3. The van der Waals surface area contributed by atoms with Crippen LogP contribution in [0.4, 0.5) is 0 Å². The first-order chi connectivity index (χ1) is 13.3. The summed E-state index contributed by atoms with van der Waals surface area (Å²) in [4.78, 5) is 48.6. The normalized spacial score (nSPS) is 11.2. The molecule has 1 unspecified atom stereocenters. The number of aliphatic hydroxyl groups is 1. The van der Waals surface area contributed by atoms with Crippen molar-refractivity contribution in [1.82, 2.24) is 0 Å². The molecule has 11 nitrogen and oxygen atoms in total. The third-order valence-corrected chi connectivity index (χ3v) is 3.31. The van der Waals surface area contributed by atoms with E-state index in [0.717, 1.165) is 0 Å². The maximum absolute atomic E-state index is 12.0. The van der Waals surface area contributed by atoms with Gasteiger partial charge in [-0.15, -0.1) is 10.1 Å². The Morgan fingerprint density at radius 3 is 2.57 bits per heavy atom. The van der Waals surface area contributed by atoms with E-state index in [2.05, 4.69) is 4.84 Å². The smallest absolute Gasteiger partial charge is 0.344 e. The SMILES string of the molecule is CC(=O)Oc1ccccc1C(=O)OCOC(=O)CCCCC(O)CO[N+](=O)[O-]. The number of carbonyl (C=O) groups is 3. The Bertz CT molecular complexity index is 690. The van der Waals surface area contributed by atoms with Crippen LogP contribution in [0.2, 0.25) is 0 Å². The zero-order valence-corrected chi connectivity index (χ0v) is 15.2. The van der Waals surface area contributed by atoms with Gasteiger partial charge >= 0.3 is 17.9 Å². The fourth-order valence-corrected chi connectivity index (χ4v) is 2.06. The van der Waals surface area contributed by atoms with E-state index in [1.165, 1.54) is 19.1 Å². The number of ether oxygens (including phenoxy) is 3. The van der Waals surface area contributed by atoms with Crippen LogP contribution in [0.1, 0.15) is 43.0 Å². The molecule has 1 aromatic carbocycles. The molecule has 154 valence electrons. The van der Waals surface area contributed by atoms with Gasteiger partial charge in [-0.1, -0.05) is 18.6 Å². The molecule has 0 heterocycles. The molecular weight excluding hydrogens is 378 g/mol. The molecule has 0 fully saturated rings. The minimum absolute atomic E-state index is 0.0136. The number of hydrogen-bond donors (Lipinski definition) is 1.